The number of phenols is 2. The molecule has 0 spiro atoms. The average Bonchev–Trinajstić information content (AvgIpc) is 2.93. The van der Waals surface area contributed by atoms with Gasteiger partial charge in [-0.15, -0.1) is 0 Å². The van der Waals surface area contributed by atoms with Crippen LogP contribution in [0, 0.1) is 5.92 Å². The van der Waals surface area contributed by atoms with Gasteiger partial charge >= 0.3 is 5.97 Å². The normalized spacial score (nSPS) is 19.3. The molecule has 4 aromatic rings. The number of pyridine rings is 1. The van der Waals surface area contributed by atoms with Crippen molar-refractivity contribution in [1.29, 1.82) is 0 Å². The van der Waals surface area contributed by atoms with Crippen LogP contribution < -0.4 is 15.2 Å². The molecule has 0 amide bonds. The number of carbonyl (C=O) groups is 1. The van der Waals surface area contributed by atoms with Crippen LogP contribution in [0.15, 0.2) is 63.9 Å². The van der Waals surface area contributed by atoms with Crippen LogP contribution in [0.1, 0.15) is 17.9 Å². The second-order valence-corrected chi connectivity index (χ2v) is 11.9. The van der Waals surface area contributed by atoms with Crippen molar-refractivity contribution in [2.75, 3.05) is 57.1 Å². The Morgan fingerprint density at radius 3 is 2.60 bits per heavy atom. The number of likely N-dealkylation sites (tertiary alicyclic amines) is 1. The van der Waals surface area contributed by atoms with Gasteiger partial charge in [0.15, 0.2) is 5.43 Å². The molecule has 0 aliphatic carbocycles. The molecule has 224 valence electrons. The summed E-state index contributed by atoms with van der Waals surface area (Å²) in [5.41, 5.74) is 1.40. The molecule has 11 heteroatoms. The molecule has 2 aliphatic heterocycles. The van der Waals surface area contributed by atoms with Gasteiger partial charge in [-0.2, -0.15) is 0 Å². The number of likely N-dealkylation sites (N-methyl/N-ethyl adjacent to an activating group) is 1. The Bertz CT molecular complexity index is 1750. The molecule has 2 saturated heterocycles. The molecule has 2 aromatic carbocycles. The summed E-state index contributed by atoms with van der Waals surface area (Å²) in [6, 6.07) is 13.3. The van der Waals surface area contributed by atoms with E-state index in [4.69, 9.17) is 20.8 Å². The van der Waals surface area contributed by atoms with Gasteiger partial charge in [0.05, 0.1) is 10.9 Å². The topological polar surface area (TPSA) is 120 Å². The first-order chi connectivity index (χ1) is 20.6. The molecule has 2 aromatic heterocycles. The highest BCUT2D eigenvalue weighted by Gasteiger charge is 2.40. The number of piperidine rings is 1. The van der Waals surface area contributed by atoms with Crippen molar-refractivity contribution in [2.24, 2.45) is 5.92 Å². The Hall–Kier alpha value is -4.28. The van der Waals surface area contributed by atoms with Gasteiger partial charge in [-0.1, -0.05) is 23.7 Å². The van der Waals surface area contributed by atoms with E-state index >= 15 is 0 Å². The second kappa shape index (κ2) is 11.4. The Balaban J connectivity index is 1.30. The number of aromatic nitrogens is 1. The van der Waals surface area contributed by atoms with Crippen molar-refractivity contribution in [3.8, 4) is 22.8 Å². The van der Waals surface area contributed by atoms with E-state index < -0.39 is 17.5 Å². The molecule has 0 radical (unpaired) electrons. The summed E-state index contributed by atoms with van der Waals surface area (Å²) >= 11 is 6.40. The lowest BCUT2D eigenvalue weighted by Crippen LogP contribution is -2.53. The van der Waals surface area contributed by atoms with Crippen LogP contribution in [-0.4, -0.2) is 79.5 Å². The summed E-state index contributed by atoms with van der Waals surface area (Å²) in [5.74, 6) is -0.680. The zero-order valence-electron chi connectivity index (χ0n) is 24.2. The minimum absolute atomic E-state index is 0.0447. The minimum Gasteiger partial charge on any atom is -0.507 e. The van der Waals surface area contributed by atoms with Crippen molar-refractivity contribution in [3.05, 3.63) is 75.5 Å². The summed E-state index contributed by atoms with van der Waals surface area (Å²) in [5, 5.41) is 22.1. The number of hydrogen-bond acceptors (Lipinski definition) is 10. The van der Waals surface area contributed by atoms with Crippen LogP contribution in [-0.2, 0) is 9.53 Å². The highest BCUT2D eigenvalue weighted by Crippen LogP contribution is 2.44. The third-order valence-corrected chi connectivity index (χ3v) is 8.63. The van der Waals surface area contributed by atoms with Gasteiger partial charge < -0.3 is 34.1 Å². The molecule has 4 heterocycles. The summed E-state index contributed by atoms with van der Waals surface area (Å²) in [6.07, 6.45) is 1.67. The number of hydrogen-bond donors (Lipinski definition) is 2. The Morgan fingerprint density at radius 2 is 1.86 bits per heavy atom. The van der Waals surface area contributed by atoms with Gasteiger partial charge in [0.25, 0.3) is 0 Å². The maximum absolute atomic E-state index is 13.4. The van der Waals surface area contributed by atoms with Crippen molar-refractivity contribution >= 4 is 40.0 Å². The zero-order valence-corrected chi connectivity index (χ0v) is 24.9. The van der Waals surface area contributed by atoms with E-state index in [1.165, 1.54) is 6.07 Å². The number of aromatic hydroxyl groups is 2. The molecule has 2 N–H and O–H groups in total. The summed E-state index contributed by atoms with van der Waals surface area (Å²) in [7, 11) is 5.80. The Labute approximate surface area is 253 Å². The molecule has 2 fully saturated rings. The molecule has 6 rings (SSSR count). The number of halogens is 1. The Kier molecular flexibility index (Phi) is 7.66. The van der Waals surface area contributed by atoms with Crippen molar-refractivity contribution in [2.45, 2.75) is 18.4 Å². The molecular weight excluding hydrogens is 572 g/mol. The summed E-state index contributed by atoms with van der Waals surface area (Å²) in [4.78, 5) is 37.1. The van der Waals surface area contributed by atoms with E-state index in [1.807, 2.05) is 38.2 Å². The molecule has 0 saturated carbocycles. The molecule has 43 heavy (non-hydrogen) atoms. The van der Waals surface area contributed by atoms with E-state index in [1.54, 1.807) is 30.5 Å². The minimum atomic E-state index is -0.616. The van der Waals surface area contributed by atoms with Crippen LogP contribution in [0.2, 0.25) is 5.02 Å². The Morgan fingerprint density at radius 1 is 1.09 bits per heavy atom. The smallest absolute Gasteiger partial charge is 0.312 e. The maximum atomic E-state index is 13.4. The molecular formula is C32H33ClN4O6. The molecule has 0 unspecified atom stereocenters. The van der Waals surface area contributed by atoms with Gasteiger partial charge in [-0.05, 0) is 38.2 Å². The van der Waals surface area contributed by atoms with E-state index in [2.05, 4.69) is 14.8 Å². The number of anilines is 2. The number of ether oxygens (including phenoxy) is 1. The first-order valence-corrected chi connectivity index (χ1v) is 14.5. The maximum Gasteiger partial charge on any atom is 0.312 e. The lowest BCUT2D eigenvalue weighted by Gasteiger charge is -2.42. The van der Waals surface area contributed by atoms with E-state index in [0.717, 1.165) is 17.6 Å². The van der Waals surface area contributed by atoms with Gasteiger partial charge in [0.2, 0.25) is 0 Å². The van der Waals surface area contributed by atoms with E-state index in [9.17, 15) is 19.8 Å². The number of rotatable bonds is 6. The number of fused-ring (bicyclic) bond motifs is 1. The summed E-state index contributed by atoms with van der Waals surface area (Å²) < 4.78 is 12.4. The van der Waals surface area contributed by atoms with Crippen LogP contribution in [0.25, 0.3) is 22.3 Å². The largest absolute Gasteiger partial charge is 0.507 e. The molecule has 0 bridgehead atoms. The first kappa shape index (κ1) is 28.8. The van der Waals surface area contributed by atoms with Crippen molar-refractivity contribution in [3.63, 3.8) is 0 Å². The van der Waals surface area contributed by atoms with Crippen molar-refractivity contribution < 1.29 is 24.2 Å². The third kappa shape index (κ3) is 5.48. The average molecular weight is 605 g/mol. The number of nitrogens with zero attached hydrogens (tertiary/aromatic N) is 4. The van der Waals surface area contributed by atoms with Crippen LogP contribution >= 0.6 is 11.6 Å². The lowest BCUT2D eigenvalue weighted by atomic mass is 9.85. The van der Waals surface area contributed by atoms with Crippen molar-refractivity contribution in [1.82, 2.24) is 9.88 Å². The fourth-order valence-electron chi connectivity index (χ4n) is 5.93. The molecule has 2 atom stereocenters. The SMILES string of the molecule is CN1CC[C@H](c2c(O)cc(O)c3c(=O)cc(-c4ccccc4Cl)oc23)[C@H](OC(=O)C2CN(c3ccnc(N(C)C)c3)C2)C1. The fourth-order valence-corrected chi connectivity index (χ4v) is 6.16. The molecule has 2 aliphatic rings. The highest BCUT2D eigenvalue weighted by molar-refractivity contribution is 6.33. The second-order valence-electron chi connectivity index (χ2n) is 11.5. The standard InChI is InChI=1S/C32H33ClN4O6/c1-35(2)28-12-19(8-10-34-28)37-15-18(16-37)32(41)43-27-17-36(3)11-9-21(27)29-23(38)13-24(39)30-25(40)14-26(42-31(29)30)20-6-4-5-7-22(20)33/h4-8,10,12-14,18,21,27,38-39H,9,11,15-17H2,1-3H3/t21-,27+/m0/s1. The number of phenolic OH excluding ortho intramolecular Hbond substituents is 2. The van der Waals surface area contributed by atoms with Crippen LogP contribution in [0.3, 0.4) is 0 Å². The van der Waals surface area contributed by atoms with E-state index in [0.29, 0.717) is 48.7 Å². The van der Waals surface area contributed by atoms with Gasteiger partial charge in [0.1, 0.15) is 40.2 Å². The lowest BCUT2D eigenvalue weighted by molar-refractivity contribution is -0.158. The number of benzene rings is 2. The summed E-state index contributed by atoms with van der Waals surface area (Å²) in [6.45, 7) is 2.14. The third-order valence-electron chi connectivity index (χ3n) is 8.31. The fraction of sp³-hybridized carbons (Fsp3) is 0.344. The number of carbonyl (C=O) groups excluding carboxylic acids is 1. The quantitative estimate of drug-likeness (QED) is 0.305. The molecule has 10 nitrogen and oxygen atoms in total. The van der Waals surface area contributed by atoms with Gasteiger partial charge in [-0.3, -0.25) is 9.59 Å². The highest BCUT2D eigenvalue weighted by atomic mass is 35.5. The van der Waals surface area contributed by atoms with E-state index in [-0.39, 0.29) is 40.1 Å². The number of esters is 1. The van der Waals surface area contributed by atoms with Gasteiger partial charge in [-0.25, -0.2) is 4.98 Å². The first-order valence-electron chi connectivity index (χ1n) is 14.2. The van der Waals surface area contributed by atoms with Crippen LogP contribution in [0.5, 0.6) is 11.5 Å². The predicted octanol–water partition coefficient (Wildman–Crippen LogP) is 4.45. The zero-order chi connectivity index (χ0) is 30.4. The van der Waals surface area contributed by atoms with Gasteiger partial charge in [0, 0.05) is 80.9 Å². The monoisotopic (exact) mass is 604 g/mol. The van der Waals surface area contributed by atoms with Crippen LogP contribution in [0.4, 0.5) is 11.5 Å². The predicted molar refractivity (Wildman–Crippen MR) is 165 cm³/mol.